The van der Waals surface area contributed by atoms with Crippen molar-refractivity contribution in [2.75, 3.05) is 13.7 Å². The summed E-state index contributed by atoms with van der Waals surface area (Å²) in [6.07, 6.45) is 0. The SMILES string of the molecule is COCC(C)(C)c1cc(C)on1. The van der Waals surface area contributed by atoms with E-state index in [2.05, 4.69) is 19.0 Å². The van der Waals surface area contributed by atoms with Gasteiger partial charge in [-0.3, -0.25) is 0 Å². The van der Waals surface area contributed by atoms with Gasteiger partial charge >= 0.3 is 0 Å². The highest BCUT2D eigenvalue weighted by atomic mass is 16.5. The highest BCUT2D eigenvalue weighted by Gasteiger charge is 2.24. The molecule has 0 amide bonds. The third-order valence-corrected chi connectivity index (χ3v) is 1.83. The number of aromatic nitrogens is 1. The summed E-state index contributed by atoms with van der Waals surface area (Å²) >= 11 is 0. The minimum atomic E-state index is -0.0630. The third-order valence-electron chi connectivity index (χ3n) is 1.83. The zero-order chi connectivity index (χ0) is 9.19. The first-order valence-corrected chi connectivity index (χ1v) is 3.99. The molecule has 3 nitrogen and oxygen atoms in total. The Kier molecular flexibility index (Phi) is 2.52. The van der Waals surface area contributed by atoms with Crippen LogP contribution in [0.25, 0.3) is 0 Å². The van der Waals surface area contributed by atoms with Crippen molar-refractivity contribution < 1.29 is 9.26 Å². The van der Waals surface area contributed by atoms with Gasteiger partial charge in [-0.15, -0.1) is 0 Å². The van der Waals surface area contributed by atoms with Gasteiger partial charge in [0.1, 0.15) is 5.76 Å². The summed E-state index contributed by atoms with van der Waals surface area (Å²) in [6.45, 7) is 6.69. The lowest BCUT2D eigenvalue weighted by atomic mass is 9.90. The van der Waals surface area contributed by atoms with Gasteiger partial charge in [0.2, 0.25) is 0 Å². The maximum atomic E-state index is 5.09. The monoisotopic (exact) mass is 169 g/mol. The number of rotatable bonds is 3. The molecule has 1 heterocycles. The van der Waals surface area contributed by atoms with Crippen LogP contribution in [0.3, 0.4) is 0 Å². The van der Waals surface area contributed by atoms with Crippen LogP contribution in [0.5, 0.6) is 0 Å². The Hall–Kier alpha value is -0.830. The van der Waals surface area contributed by atoms with Crippen molar-refractivity contribution in [3.63, 3.8) is 0 Å². The van der Waals surface area contributed by atoms with E-state index in [-0.39, 0.29) is 5.41 Å². The van der Waals surface area contributed by atoms with Crippen molar-refractivity contribution in [3.8, 4) is 0 Å². The lowest BCUT2D eigenvalue weighted by Crippen LogP contribution is -2.23. The van der Waals surface area contributed by atoms with Crippen molar-refractivity contribution in [2.45, 2.75) is 26.2 Å². The highest BCUT2D eigenvalue weighted by molar-refractivity contribution is 5.14. The molecule has 0 radical (unpaired) electrons. The maximum Gasteiger partial charge on any atom is 0.133 e. The summed E-state index contributed by atoms with van der Waals surface area (Å²) in [6, 6.07) is 1.94. The topological polar surface area (TPSA) is 35.3 Å². The van der Waals surface area contributed by atoms with Crippen molar-refractivity contribution in [2.24, 2.45) is 0 Å². The number of hydrogen-bond acceptors (Lipinski definition) is 3. The molecule has 0 aliphatic rings. The normalized spacial score (nSPS) is 12.0. The lowest BCUT2D eigenvalue weighted by molar-refractivity contribution is 0.142. The molecule has 0 aliphatic carbocycles. The number of aryl methyl sites for hydroxylation is 1. The fourth-order valence-electron chi connectivity index (χ4n) is 1.12. The van der Waals surface area contributed by atoms with Gasteiger partial charge < -0.3 is 9.26 Å². The van der Waals surface area contributed by atoms with E-state index in [0.29, 0.717) is 6.61 Å². The van der Waals surface area contributed by atoms with E-state index in [1.807, 2.05) is 13.0 Å². The first-order chi connectivity index (χ1) is 5.56. The van der Waals surface area contributed by atoms with Crippen LogP contribution in [0.4, 0.5) is 0 Å². The molecule has 3 heteroatoms. The van der Waals surface area contributed by atoms with Gasteiger partial charge in [-0.25, -0.2) is 0 Å². The Morgan fingerprint density at radius 2 is 2.25 bits per heavy atom. The van der Waals surface area contributed by atoms with E-state index in [0.717, 1.165) is 11.5 Å². The van der Waals surface area contributed by atoms with E-state index in [9.17, 15) is 0 Å². The van der Waals surface area contributed by atoms with Gasteiger partial charge in [0.15, 0.2) is 0 Å². The Morgan fingerprint density at radius 1 is 1.58 bits per heavy atom. The van der Waals surface area contributed by atoms with Crippen molar-refractivity contribution in [1.29, 1.82) is 0 Å². The van der Waals surface area contributed by atoms with Gasteiger partial charge in [0.25, 0.3) is 0 Å². The average Bonchev–Trinajstić information content (AvgIpc) is 2.36. The van der Waals surface area contributed by atoms with Gasteiger partial charge in [-0.1, -0.05) is 19.0 Å². The fourth-order valence-corrected chi connectivity index (χ4v) is 1.12. The van der Waals surface area contributed by atoms with Crippen molar-refractivity contribution in [1.82, 2.24) is 5.16 Å². The lowest BCUT2D eigenvalue weighted by Gasteiger charge is -2.19. The van der Waals surface area contributed by atoms with E-state index in [1.165, 1.54) is 0 Å². The standard InChI is InChI=1S/C9H15NO2/c1-7-5-8(10-12-7)9(2,3)6-11-4/h5H,6H2,1-4H3. The molecular weight excluding hydrogens is 154 g/mol. The van der Waals surface area contributed by atoms with E-state index < -0.39 is 0 Å². The quantitative estimate of drug-likeness (QED) is 0.693. The molecule has 1 aromatic heterocycles. The van der Waals surface area contributed by atoms with Gasteiger partial charge in [0.05, 0.1) is 12.3 Å². The Morgan fingerprint density at radius 3 is 2.67 bits per heavy atom. The number of methoxy groups -OCH3 is 1. The molecule has 0 saturated heterocycles. The molecule has 0 N–H and O–H groups in total. The molecule has 0 bridgehead atoms. The van der Waals surface area contributed by atoms with Crippen LogP contribution in [0.15, 0.2) is 10.6 Å². The minimum Gasteiger partial charge on any atom is -0.384 e. The average molecular weight is 169 g/mol. The smallest absolute Gasteiger partial charge is 0.133 e. The predicted molar refractivity (Wildman–Crippen MR) is 46.1 cm³/mol. The van der Waals surface area contributed by atoms with Gasteiger partial charge in [-0.05, 0) is 6.92 Å². The number of ether oxygens (including phenoxy) is 1. The molecule has 0 spiro atoms. The molecule has 0 fully saturated rings. The van der Waals surface area contributed by atoms with Gasteiger partial charge in [-0.2, -0.15) is 0 Å². The second-order valence-corrected chi connectivity index (χ2v) is 3.64. The molecule has 0 unspecified atom stereocenters. The summed E-state index contributed by atoms with van der Waals surface area (Å²) in [5, 5.41) is 3.95. The number of hydrogen-bond donors (Lipinski definition) is 0. The van der Waals surface area contributed by atoms with E-state index >= 15 is 0 Å². The largest absolute Gasteiger partial charge is 0.384 e. The van der Waals surface area contributed by atoms with E-state index in [4.69, 9.17) is 9.26 Å². The summed E-state index contributed by atoms with van der Waals surface area (Å²) in [5.41, 5.74) is 0.883. The van der Waals surface area contributed by atoms with Gasteiger partial charge in [0, 0.05) is 18.6 Å². The summed E-state index contributed by atoms with van der Waals surface area (Å²) in [4.78, 5) is 0. The fraction of sp³-hybridized carbons (Fsp3) is 0.667. The molecular formula is C9H15NO2. The maximum absolute atomic E-state index is 5.09. The summed E-state index contributed by atoms with van der Waals surface area (Å²) in [7, 11) is 1.69. The van der Waals surface area contributed by atoms with E-state index in [1.54, 1.807) is 7.11 Å². The van der Waals surface area contributed by atoms with Crippen molar-refractivity contribution in [3.05, 3.63) is 17.5 Å². The molecule has 0 aliphatic heterocycles. The first kappa shape index (κ1) is 9.26. The molecule has 1 aromatic rings. The van der Waals surface area contributed by atoms with Crippen LogP contribution in [0.2, 0.25) is 0 Å². The molecule has 0 atom stereocenters. The zero-order valence-corrected chi connectivity index (χ0v) is 8.05. The molecule has 12 heavy (non-hydrogen) atoms. The van der Waals surface area contributed by atoms with Crippen molar-refractivity contribution >= 4 is 0 Å². The third kappa shape index (κ3) is 1.85. The predicted octanol–water partition coefficient (Wildman–Crippen LogP) is 1.91. The highest BCUT2D eigenvalue weighted by Crippen LogP contribution is 2.22. The van der Waals surface area contributed by atoms with Crippen LogP contribution < -0.4 is 0 Å². The summed E-state index contributed by atoms with van der Waals surface area (Å²) in [5.74, 6) is 0.842. The minimum absolute atomic E-state index is 0.0630. The molecule has 68 valence electrons. The Bertz CT molecular complexity index is 253. The second-order valence-electron chi connectivity index (χ2n) is 3.64. The first-order valence-electron chi connectivity index (χ1n) is 3.99. The summed E-state index contributed by atoms with van der Waals surface area (Å²) < 4.78 is 10.1. The van der Waals surface area contributed by atoms with Crippen LogP contribution >= 0.6 is 0 Å². The van der Waals surface area contributed by atoms with Crippen LogP contribution in [-0.4, -0.2) is 18.9 Å². The molecule has 0 aromatic carbocycles. The number of nitrogens with zero attached hydrogens (tertiary/aromatic N) is 1. The van der Waals surface area contributed by atoms with Crippen LogP contribution in [0, 0.1) is 6.92 Å². The second kappa shape index (κ2) is 3.27. The van der Waals surface area contributed by atoms with Crippen LogP contribution in [-0.2, 0) is 10.2 Å². The Balaban J connectivity index is 2.81. The van der Waals surface area contributed by atoms with Crippen LogP contribution in [0.1, 0.15) is 25.3 Å². The molecule has 0 saturated carbocycles. The Labute approximate surface area is 72.7 Å². The zero-order valence-electron chi connectivity index (χ0n) is 8.05. The molecule has 1 rings (SSSR count).